The van der Waals surface area contributed by atoms with Crippen LogP contribution in [0.25, 0.3) is 21.9 Å². The van der Waals surface area contributed by atoms with Gasteiger partial charge in [0.2, 0.25) is 0 Å². The van der Waals surface area contributed by atoms with E-state index in [-0.39, 0.29) is 0 Å². The number of benzene rings is 1. The van der Waals surface area contributed by atoms with Gasteiger partial charge in [-0.15, -0.1) is 11.3 Å². The van der Waals surface area contributed by atoms with Gasteiger partial charge in [-0.1, -0.05) is 18.2 Å². The maximum atomic E-state index is 5.50. The van der Waals surface area contributed by atoms with E-state index in [1.165, 1.54) is 4.88 Å². The average molecular weight is 312 g/mol. The van der Waals surface area contributed by atoms with E-state index in [1.54, 1.807) is 11.3 Å². The number of pyridine rings is 1. The van der Waals surface area contributed by atoms with Crippen molar-refractivity contribution in [3.05, 3.63) is 51.3 Å². The molecule has 21 heavy (non-hydrogen) atoms. The van der Waals surface area contributed by atoms with Crippen LogP contribution in [0.4, 0.5) is 0 Å². The third-order valence-corrected chi connectivity index (χ3v) is 4.89. The number of aromatic nitrogens is 4. The molecule has 0 aliphatic rings. The van der Waals surface area contributed by atoms with Crippen LogP contribution >= 0.6 is 23.6 Å². The minimum Gasteiger partial charge on any atom is -0.329 e. The molecular formula is C15H12N4S2. The predicted octanol–water partition coefficient (Wildman–Crippen LogP) is 4.06. The number of nitrogens with one attached hydrogen (secondary N) is 1. The highest BCUT2D eigenvalue weighted by atomic mass is 32.1. The minimum absolute atomic E-state index is 0.718. The fourth-order valence-corrected chi connectivity index (χ4v) is 3.60. The zero-order valence-corrected chi connectivity index (χ0v) is 13.0. The SMILES string of the molecule is Cc1ncsc1Cn1c(=S)[nH]c2cnc3ccccc3c21. The van der Waals surface area contributed by atoms with Crippen LogP contribution in [-0.4, -0.2) is 19.5 Å². The Hall–Kier alpha value is -2.05. The van der Waals surface area contributed by atoms with Crippen LogP contribution < -0.4 is 0 Å². The quantitative estimate of drug-likeness (QED) is 0.568. The summed E-state index contributed by atoms with van der Waals surface area (Å²) in [6.45, 7) is 2.77. The molecule has 0 amide bonds. The smallest absolute Gasteiger partial charge is 0.178 e. The zero-order chi connectivity index (χ0) is 14.4. The van der Waals surface area contributed by atoms with Crippen LogP contribution in [0, 0.1) is 11.7 Å². The molecule has 4 rings (SSSR count). The summed E-state index contributed by atoms with van der Waals surface area (Å²) >= 11 is 7.16. The summed E-state index contributed by atoms with van der Waals surface area (Å²) in [5, 5.41) is 1.12. The second-order valence-electron chi connectivity index (χ2n) is 4.91. The molecule has 0 aliphatic heterocycles. The Labute approximate surface area is 130 Å². The molecule has 4 nitrogen and oxygen atoms in total. The Balaban J connectivity index is 2.03. The predicted molar refractivity (Wildman–Crippen MR) is 88.4 cm³/mol. The van der Waals surface area contributed by atoms with Crippen LogP contribution in [-0.2, 0) is 6.54 Å². The Morgan fingerprint density at radius 3 is 2.95 bits per heavy atom. The van der Waals surface area contributed by atoms with Crippen LogP contribution in [0.2, 0.25) is 0 Å². The van der Waals surface area contributed by atoms with Crippen molar-refractivity contribution in [1.29, 1.82) is 0 Å². The molecule has 6 heteroatoms. The number of imidazole rings is 1. The van der Waals surface area contributed by atoms with Gasteiger partial charge in [-0.2, -0.15) is 0 Å². The van der Waals surface area contributed by atoms with Crippen molar-refractivity contribution in [2.45, 2.75) is 13.5 Å². The van der Waals surface area contributed by atoms with Gasteiger partial charge in [0, 0.05) is 10.3 Å². The van der Waals surface area contributed by atoms with E-state index >= 15 is 0 Å². The lowest BCUT2D eigenvalue weighted by molar-refractivity contribution is 0.817. The standard InChI is InChI=1S/C15H12N4S2/c1-9-13(21-8-17-9)7-19-14-10-4-2-3-5-11(10)16-6-12(14)18-15(19)20/h2-6,8H,7H2,1H3,(H,18,20). The van der Waals surface area contributed by atoms with Crippen molar-refractivity contribution in [1.82, 2.24) is 19.5 Å². The van der Waals surface area contributed by atoms with Crippen molar-refractivity contribution >= 4 is 45.5 Å². The summed E-state index contributed by atoms with van der Waals surface area (Å²) in [7, 11) is 0. The summed E-state index contributed by atoms with van der Waals surface area (Å²) in [5.41, 5.74) is 6.01. The summed E-state index contributed by atoms with van der Waals surface area (Å²) in [6, 6.07) is 8.14. The van der Waals surface area contributed by atoms with Gasteiger partial charge >= 0.3 is 0 Å². The fraction of sp³-hybridized carbons (Fsp3) is 0.133. The largest absolute Gasteiger partial charge is 0.329 e. The van der Waals surface area contributed by atoms with E-state index < -0.39 is 0 Å². The normalized spacial score (nSPS) is 11.5. The number of aryl methyl sites for hydroxylation is 1. The number of rotatable bonds is 2. The topological polar surface area (TPSA) is 46.5 Å². The molecule has 3 aromatic heterocycles. The third-order valence-electron chi connectivity index (χ3n) is 3.65. The summed E-state index contributed by atoms with van der Waals surface area (Å²) in [4.78, 5) is 13.3. The monoisotopic (exact) mass is 312 g/mol. The van der Waals surface area contributed by atoms with Gasteiger partial charge in [0.05, 0.1) is 40.5 Å². The highest BCUT2D eigenvalue weighted by Gasteiger charge is 2.11. The van der Waals surface area contributed by atoms with Gasteiger partial charge in [-0.05, 0) is 25.2 Å². The van der Waals surface area contributed by atoms with Gasteiger partial charge in [0.15, 0.2) is 4.77 Å². The molecular weight excluding hydrogens is 300 g/mol. The van der Waals surface area contributed by atoms with E-state index in [9.17, 15) is 0 Å². The molecule has 0 spiro atoms. The summed E-state index contributed by atoms with van der Waals surface area (Å²) in [6.07, 6.45) is 1.85. The van der Waals surface area contributed by atoms with Crippen molar-refractivity contribution in [2.24, 2.45) is 0 Å². The van der Waals surface area contributed by atoms with E-state index in [0.717, 1.165) is 38.9 Å². The van der Waals surface area contributed by atoms with Gasteiger partial charge in [-0.3, -0.25) is 4.98 Å². The van der Waals surface area contributed by atoms with Crippen molar-refractivity contribution in [3.63, 3.8) is 0 Å². The average Bonchev–Trinajstić information content (AvgIpc) is 3.04. The van der Waals surface area contributed by atoms with Crippen LogP contribution in [0.15, 0.2) is 36.0 Å². The molecule has 0 saturated carbocycles. The second-order valence-corrected chi connectivity index (χ2v) is 6.24. The lowest BCUT2D eigenvalue weighted by Crippen LogP contribution is -2.00. The van der Waals surface area contributed by atoms with Crippen LogP contribution in [0.5, 0.6) is 0 Å². The number of hydrogen-bond acceptors (Lipinski definition) is 4. The highest BCUT2D eigenvalue weighted by molar-refractivity contribution is 7.71. The first-order valence-electron chi connectivity index (χ1n) is 6.59. The van der Waals surface area contributed by atoms with Crippen LogP contribution in [0.3, 0.4) is 0 Å². The molecule has 0 unspecified atom stereocenters. The number of para-hydroxylation sites is 1. The van der Waals surface area contributed by atoms with E-state index in [0.29, 0.717) is 0 Å². The second kappa shape index (κ2) is 4.75. The van der Waals surface area contributed by atoms with Gasteiger partial charge < -0.3 is 9.55 Å². The van der Waals surface area contributed by atoms with E-state index in [2.05, 4.69) is 25.6 Å². The molecule has 0 fully saturated rings. The molecule has 3 heterocycles. The van der Waals surface area contributed by atoms with Gasteiger partial charge in [0.1, 0.15) is 0 Å². The lowest BCUT2D eigenvalue weighted by Gasteiger charge is -2.06. The number of H-pyrrole nitrogens is 1. The van der Waals surface area contributed by atoms with Crippen molar-refractivity contribution in [2.75, 3.05) is 0 Å². The Morgan fingerprint density at radius 2 is 2.14 bits per heavy atom. The maximum absolute atomic E-state index is 5.50. The van der Waals surface area contributed by atoms with Gasteiger partial charge in [-0.25, -0.2) is 4.98 Å². The minimum atomic E-state index is 0.718. The molecule has 0 aliphatic carbocycles. The maximum Gasteiger partial charge on any atom is 0.178 e. The molecule has 4 aromatic rings. The van der Waals surface area contributed by atoms with E-state index in [4.69, 9.17) is 12.2 Å². The van der Waals surface area contributed by atoms with Crippen LogP contribution in [0.1, 0.15) is 10.6 Å². The fourth-order valence-electron chi connectivity index (χ4n) is 2.57. The molecule has 1 aromatic carbocycles. The lowest BCUT2D eigenvalue weighted by atomic mass is 10.2. The third kappa shape index (κ3) is 1.99. The molecule has 104 valence electrons. The summed E-state index contributed by atoms with van der Waals surface area (Å²) in [5.74, 6) is 0. The highest BCUT2D eigenvalue weighted by Crippen LogP contribution is 2.25. The number of hydrogen-bond donors (Lipinski definition) is 1. The Morgan fingerprint density at radius 1 is 1.29 bits per heavy atom. The Kier molecular flexibility index (Phi) is 2.87. The number of aromatic amines is 1. The zero-order valence-electron chi connectivity index (χ0n) is 11.3. The molecule has 0 radical (unpaired) electrons. The first-order chi connectivity index (χ1) is 10.2. The van der Waals surface area contributed by atoms with Crippen molar-refractivity contribution < 1.29 is 0 Å². The molecule has 0 atom stereocenters. The van der Waals surface area contributed by atoms with Gasteiger partial charge in [0.25, 0.3) is 0 Å². The number of nitrogens with zero attached hydrogens (tertiary/aromatic N) is 3. The Bertz CT molecular complexity index is 1010. The summed E-state index contributed by atoms with van der Waals surface area (Å²) < 4.78 is 2.85. The first kappa shape index (κ1) is 12.7. The van der Waals surface area contributed by atoms with Crippen molar-refractivity contribution in [3.8, 4) is 0 Å². The molecule has 0 saturated heterocycles. The van der Waals surface area contributed by atoms with E-state index in [1.807, 2.05) is 36.8 Å². The number of thiazole rings is 1. The number of fused-ring (bicyclic) bond motifs is 3. The molecule has 0 bridgehead atoms. The first-order valence-corrected chi connectivity index (χ1v) is 7.88. The molecule has 1 N–H and O–H groups in total.